The van der Waals surface area contributed by atoms with Gasteiger partial charge in [-0.3, -0.25) is 0 Å². The van der Waals surface area contributed by atoms with Crippen molar-refractivity contribution in [1.29, 1.82) is 0 Å². The van der Waals surface area contributed by atoms with Crippen molar-refractivity contribution >= 4 is 39.7 Å². The Morgan fingerprint density at radius 3 is 2.75 bits per heavy atom. The van der Waals surface area contributed by atoms with Gasteiger partial charge in [-0.05, 0) is 59.0 Å². The van der Waals surface area contributed by atoms with Gasteiger partial charge in [0.2, 0.25) is 5.89 Å². The number of rotatable bonds is 2. The van der Waals surface area contributed by atoms with E-state index < -0.39 is 5.97 Å². The Labute approximate surface area is 126 Å². The third kappa shape index (κ3) is 2.26. The van der Waals surface area contributed by atoms with E-state index in [0.717, 1.165) is 0 Å². The standard InChI is InChI=1S/C14H7FINO3/c15-8-2-3-9(10(16)6-8)13-17-11-5-7(14(18)19)1-4-12(11)20-13/h1-6H,(H,18,19). The third-order valence-corrected chi connectivity index (χ3v) is 3.69. The molecule has 0 saturated heterocycles. The van der Waals surface area contributed by atoms with Gasteiger partial charge in [0.25, 0.3) is 0 Å². The molecule has 3 aromatic rings. The molecule has 3 rings (SSSR count). The minimum Gasteiger partial charge on any atom is -0.478 e. The molecule has 0 aliphatic rings. The van der Waals surface area contributed by atoms with Crippen molar-refractivity contribution in [3.63, 3.8) is 0 Å². The highest BCUT2D eigenvalue weighted by molar-refractivity contribution is 14.1. The number of fused-ring (bicyclic) bond motifs is 1. The van der Waals surface area contributed by atoms with Gasteiger partial charge in [0.1, 0.15) is 11.3 Å². The maximum Gasteiger partial charge on any atom is 0.335 e. The lowest BCUT2D eigenvalue weighted by atomic mass is 10.2. The average molecular weight is 383 g/mol. The minimum atomic E-state index is -1.02. The Bertz CT molecular complexity index is 828. The molecule has 1 N–H and O–H groups in total. The number of oxazole rings is 1. The van der Waals surface area contributed by atoms with Crippen LogP contribution in [0.2, 0.25) is 0 Å². The van der Waals surface area contributed by atoms with E-state index in [-0.39, 0.29) is 11.4 Å². The molecule has 0 radical (unpaired) electrons. The summed E-state index contributed by atoms with van der Waals surface area (Å²) in [7, 11) is 0. The Kier molecular flexibility index (Phi) is 3.17. The summed E-state index contributed by atoms with van der Waals surface area (Å²) in [6.45, 7) is 0. The zero-order valence-electron chi connectivity index (χ0n) is 9.93. The van der Waals surface area contributed by atoms with E-state index in [1.54, 1.807) is 12.1 Å². The number of nitrogens with zero attached hydrogens (tertiary/aromatic N) is 1. The van der Waals surface area contributed by atoms with Gasteiger partial charge >= 0.3 is 5.97 Å². The molecular formula is C14H7FINO3. The zero-order valence-corrected chi connectivity index (χ0v) is 12.1. The van der Waals surface area contributed by atoms with Gasteiger partial charge in [-0.25, -0.2) is 14.2 Å². The van der Waals surface area contributed by atoms with Crippen LogP contribution in [0.3, 0.4) is 0 Å². The average Bonchev–Trinajstić information content (AvgIpc) is 2.80. The zero-order chi connectivity index (χ0) is 14.3. The van der Waals surface area contributed by atoms with Crippen LogP contribution in [0.4, 0.5) is 4.39 Å². The summed E-state index contributed by atoms with van der Waals surface area (Å²) in [6.07, 6.45) is 0. The number of aromatic nitrogens is 1. The summed E-state index contributed by atoms with van der Waals surface area (Å²) in [5.74, 6) is -1.01. The molecule has 6 heteroatoms. The minimum absolute atomic E-state index is 0.145. The Balaban J connectivity index is 2.15. The molecule has 1 heterocycles. The van der Waals surface area contributed by atoms with E-state index in [4.69, 9.17) is 9.52 Å². The highest BCUT2D eigenvalue weighted by Gasteiger charge is 2.13. The molecule has 0 aliphatic carbocycles. The highest BCUT2D eigenvalue weighted by atomic mass is 127. The molecular weight excluding hydrogens is 376 g/mol. The quantitative estimate of drug-likeness (QED) is 0.682. The lowest BCUT2D eigenvalue weighted by molar-refractivity contribution is 0.0697. The van der Waals surface area contributed by atoms with Gasteiger partial charge in [0.05, 0.1) is 11.1 Å². The summed E-state index contributed by atoms with van der Waals surface area (Å²) in [5.41, 5.74) is 1.76. The molecule has 0 aliphatic heterocycles. The molecule has 100 valence electrons. The van der Waals surface area contributed by atoms with Crippen LogP contribution in [0.1, 0.15) is 10.4 Å². The largest absolute Gasteiger partial charge is 0.478 e. The van der Waals surface area contributed by atoms with Crippen LogP contribution in [-0.4, -0.2) is 16.1 Å². The summed E-state index contributed by atoms with van der Waals surface area (Å²) < 4.78 is 19.3. The van der Waals surface area contributed by atoms with Crippen LogP contribution in [0, 0.1) is 9.39 Å². The number of halogens is 2. The monoisotopic (exact) mass is 383 g/mol. The molecule has 0 atom stereocenters. The van der Waals surface area contributed by atoms with Crippen molar-refractivity contribution in [3.8, 4) is 11.5 Å². The van der Waals surface area contributed by atoms with Crippen molar-refractivity contribution < 1.29 is 18.7 Å². The molecule has 1 aromatic heterocycles. The van der Waals surface area contributed by atoms with E-state index in [2.05, 4.69) is 4.98 Å². The first-order valence-corrected chi connectivity index (χ1v) is 6.72. The Morgan fingerprint density at radius 2 is 2.05 bits per heavy atom. The number of hydrogen-bond acceptors (Lipinski definition) is 3. The number of hydrogen-bond donors (Lipinski definition) is 1. The van der Waals surface area contributed by atoms with Crippen molar-refractivity contribution in [2.45, 2.75) is 0 Å². The van der Waals surface area contributed by atoms with E-state index in [0.29, 0.717) is 26.1 Å². The molecule has 4 nitrogen and oxygen atoms in total. The van der Waals surface area contributed by atoms with Crippen LogP contribution < -0.4 is 0 Å². The van der Waals surface area contributed by atoms with Gasteiger partial charge < -0.3 is 9.52 Å². The first kappa shape index (κ1) is 13.0. The van der Waals surface area contributed by atoms with Gasteiger partial charge in [-0.2, -0.15) is 0 Å². The predicted octanol–water partition coefficient (Wildman–Crippen LogP) is 3.94. The van der Waals surface area contributed by atoms with Gasteiger partial charge in [-0.1, -0.05) is 0 Å². The fourth-order valence-electron chi connectivity index (χ4n) is 1.84. The van der Waals surface area contributed by atoms with Crippen LogP contribution in [0.25, 0.3) is 22.6 Å². The Hall–Kier alpha value is -1.96. The topological polar surface area (TPSA) is 63.3 Å². The molecule has 0 bridgehead atoms. The van der Waals surface area contributed by atoms with Crippen molar-refractivity contribution in [1.82, 2.24) is 4.98 Å². The molecule has 0 spiro atoms. The lowest BCUT2D eigenvalue weighted by Gasteiger charge is -1.98. The number of aromatic carboxylic acids is 1. The first-order valence-electron chi connectivity index (χ1n) is 5.64. The summed E-state index contributed by atoms with van der Waals surface area (Å²) in [4.78, 5) is 15.2. The molecule has 0 fully saturated rings. The molecule has 20 heavy (non-hydrogen) atoms. The fourth-order valence-corrected chi connectivity index (χ4v) is 2.55. The number of carboxylic acids is 1. The maximum atomic E-state index is 13.1. The van der Waals surface area contributed by atoms with Gasteiger partial charge in [0.15, 0.2) is 5.58 Å². The van der Waals surface area contributed by atoms with Crippen LogP contribution >= 0.6 is 22.6 Å². The van der Waals surface area contributed by atoms with Gasteiger partial charge in [-0.15, -0.1) is 0 Å². The SMILES string of the molecule is O=C(O)c1ccc2oc(-c3ccc(F)cc3I)nc2c1. The van der Waals surface area contributed by atoms with E-state index in [1.807, 2.05) is 22.6 Å². The fraction of sp³-hybridized carbons (Fsp3) is 0. The van der Waals surface area contributed by atoms with E-state index >= 15 is 0 Å². The second kappa shape index (κ2) is 4.86. The second-order valence-corrected chi connectivity index (χ2v) is 5.29. The lowest BCUT2D eigenvalue weighted by Crippen LogP contribution is -1.94. The van der Waals surface area contributed by atoms with Crippen LogP contribution in [0.5, 0.6) is 0 Å². The first-order chi connectivity index (χ1) is 9.54. The van der Waals surface area contributed by atoms with Gasteiger partial charge in [0, 0.05) is 3.57 Å². The third-order valence-electron chi connectivity index (χ3n) is 2.80. The molecule has 0 amide bonds. The number of benzene rings is 2. The van der Waals surface area contributed by atoms with E-state index in [1.165, 1.54) is 24.3 Å². The van der Waals surface area contributed by atoms with Crippen LogP contribution in [0.15, 0.2) is 40.8 Å². The van der Waals surface area contributed by atoms with Crippen molar-refractivity contribution in [3.05, 3.63) is 51.3 Å². The maximum absolute atomic E-state index is 13.1. The number of carboxylic acid groups (broad SMARTS) is 1. The summed E-state index contributed by atoms with van der Waals surface area (Å²) in [6, 6.07) is 8.75. The van der Waals surface area contributed by atoms with Crippen LogP contribution in [-0.2, 0) is 0 Å². The normalized spacial score (nSPS) is 10.9. The molecule has 2 aromatic carbocycles. The second-order valence-electron chi connectivity index (χ2n) is 4.13. The Morgan fingerprint density at radius 1 is 1.25 bits per heavy atom. The molecule has 0 unspecified atom stereocenters. The highest BCUT2D eigenvalue weighted by Crippen LogP contribution is 2.28. The predicted molar refractivity (Wildman–Crippen MR) is 79.1 cm³/mol. The summed E-state index contributed by atoms with van der Waals surface area (Å²) >= 11 is 2.00. The number of carbonyl (C=O) groups is 1. The van der Waals surface area contributed by atoms with Crippen molar-refractivity contribution in [2.75, 3.05) is 0 Å². The summed E-state index contributed by atoms with van der Waals surface area (Å²) in [5, 5.41) is 8.94. The smallest absolute Gasteiger partial charge is 0.335 e. The van der Waals surface area contributed by atoms with E-state index in [9.17, 15) is 9.18 Å². The van der Waals surface area contributed by atoms with Crippen molar-refractivity contribution in [2.24, 2.45) is 0 Å². The molecule has 0 saturated carbocycles.